The van der Waals surface area contributed by atoms with Gasteiger partial charge in [-0.05, 0) is 96.7 Å². The molecule has 374 valence electrons. The molecule has 0 heterocycles. The van der Waals surface area contributed by atoms with Crippen molar-refractivity contribution >= 4 is 18.4 Å². The van der Waals surface area contributed by atoms with Crippen LogP contribution in [0, 0.1) is 11.8 Å². The summed E-state index contributed by atoms with van der Waals surface area (Å²) >= 11 is 0. The van der Waals surface area contributed by atoms with Gasteiger partial charge in [0, 0.05) is 12.6 Å². The average molecular weight is 897 g/mol. The monoisotopic (exact) mass is 897 g/mol. The standard InChI is InChI=1S/C53H104N2O8/c1-8-13-18-27-37-48(35-16-11-4)46-62-52(57)60-44-32-25-21-23-29-39-50(55(42-34-41-54(6)7)51(56)59-43-31-20-15-10-3)40-30-24-22-26-33-45-61-53(58)63-47-49(36-17-12-5)38-28-19-14-9-2/h48-50H,8-47H2,1-7H3. The van der Waals surface area contributed by atoms with Crippen LogP contribution in [0.3, 0.4) is 0 Å². The summed E-state index contributed by atoms with van der Waals surface area (Å²) in [6, 6.07) is 0.145. The fourth-order valence-corrected chi connectivity index (χ4v) is 8.33. The first-order chi connectivity index (χ1) is 30.7. The molecule has 1 amide bonds. The third-order valence-corrected chi connectivity index (χ3v) is 12.4. The lowest BCUT2D eigenvalue weighted by atomic mass is 9.96. The quantitative estimate of drug-likeness (QED) is 0.0336. The van der Waals surface area contributed by atoms with Crippen molar-refractivity contribution in [3.8, 4) is 0 Å². The summed E-state index contributed by atoms with van der Waals surface area (Å²) in [5, 5.41) is 0. The molecule has 0 aliphatic carbocycles. The van der Waals surface area contributed by atoms with Crippen molar-refractivity contribution < 1.29 is 38.1 Å². The lowest BCUT2D eigenvalue weighted by Crippen LogP contribution is -2.42. The summed E-state index contributed by atoms with van der Waals surface area (Å²) in [4.78, 5) is 42.5. The van der Waals surface area contributed by atoms with Gasteiger partial charge in [-0.1, -0.05) is 182 Å². The summed E-state index contributed by atoms with van der Waals surface area (Å²) in [6.45, 7) is 14.9. The first kappa shape index (κ1) is 60.8. The van der Waals surface area contributed by atoms with Crippen molar-refractivity contribution in [1.29, 1.82) is 0 Å². The summed E-state index contributed by atoms with van der Waals surface area (Å²) in [5.41, 5.74) is 0. The Morgan fingerprint density at radius 3 is 1.14 bits per heavy atom. The van der Waals surface area contributed by atoms with Crippen LogP contribution in [0.25, 0.3) is 0 Å². The molecular weight excluding hydrogens is 793 g/mol. The van der Waals surface area contributed by atoms with Crippen LogP contribution in [0.4, 0.5) is 14.4 Å². The number of amides is 1. The van der Waals surface area contributed by atoms with Gasteiger partial charge in [0.25, 0.3) is 0 Å². The second-order valence-corrected chi connectivity index (χ2v) is 18.8. The van der Waals surface area contributed by atoms with E-state index in [0.29, 0.717) is 51.4 Å². The van der Waals surface area contributed by atoms with Gasteiger partial charge in [-0.25, -0.2) is 14.4 Å². The molecule has 0 fully saturated rings. The van der Waals surface area contributed by atoms with Gasteiger partial charge in [-0.3, -0.25) is 0 Å². The van der Waals surface area contributed by atoms with E-state index < -0.39 is 12.3 Å². The zero-order chi connectivity index (χ0) is 46.4. The van der Waals surface area contributed by atoms with E-state index in [0.717, 1.165) is 154 Å². The van der Waals surface area contributed by atoms with Gasteiger partial charge in [-0.2, -0.15) is 0 Å². The Labute approximate surface area is 389 Å². The van der Waals surface area contributed by atoms with E-state index in [9.17, 15) is 14.4 Å². The maximum atomic E-state index is 13.6. The van der Waals surface area contributed by atoms with Crippen LogP contribution < -0.4 is 0 Å². The molecule has 2 atom stereocenters. The number of hydrogen-bond donors (Lipinski definition) is 0. The van der Waals surface area contributed by atoms with Gasteiger partial charge >= 0.3 is 18.4 Å². The fourth-order valence-electron chi connectivity index (χ4n) is 8.33. The SMILES string of the molecule is CCCCCCOC(=O)N(CCCN(C)C)C(CCCCCCCOC(=O)OCC(CCCC)CCCCCC)CCCCCCCOC(=O)OCC(CCCC)CCCCCC. The van der Waals surface area contributed by atoms with Crippen molar-refractivity contribution in [3.63, 3.8) is 0 Å². The van der Waals surface area contributed by atoms with E-state index in [2.05, 4.69) is 53.6 Å². The lowest BCUT2D eigenvalue weighted by Gasteiger charge is -2.32. The first-order valence-corrected chi connectivity index (χ1v) is 26.9. The molecule has 10 heteroatoms. The van der Waals surface area contributed by atoms with Crippen molar-refractivity contribution in [1.82, 2.24) is 9.80 Å². The minimum absolute atomic E-state index is 0.145. The summed E-state index contributed by atoms with van der Waals surface area (Å²) in [5.74, 6) is 0.864. The van der Waals surface area contributed by atoms with Crippen molar-refractivity contribution in [2.24, 2.45) is 11.8 Å². The van der Waals surface area contributed by atoms with E-state index in [-0.39, 0.29) is 12.1 Å². The fraction of sp³-hybridized carbons (Fsp3) is 0.943. The molecular formula is C53H104N2O8. The van der Waals surface area contributed by atoms with Crippen LogP contribution in [0.1, 0.15) is 247 Å². The van der Waals surface area contributed by atoms with E-state index in [1.165, 1.54) is 64.2 Å². The van der Waals surface area contributed by atoms with Gasteiger partial charge in [-0.15, -0.1) is 0 Å². The van der Waals surface area contributed by atoms with E-state index in [1.54, 1.807) is 0 Å². The van der Waals surface area contributed by atoms with Gasteiger partial charge in [0.15, 0.2) is 0 Å². The highest BCUT2D eigenvalue weighted by Crippen LogP contribution is 2.22. The first-order valence-electron chi connectivity index (χ1n) is 26.9. The Morgan fingerprint density at radius 1 is 0.365 bits per heavy atom. The molecule has 0 aromatic rings. The van der Waals surface area contributed by atoms with Gasteiger partial charge in [0.1, 0.15) is 0 Å². The number of carbonyl (C=O) groups excluding carboxylic acids is 3. The smallest absolute Gasteiger partial charge is 0.449 e. The topological polar surface area (TPSA) is 104 Å². The zero-order valence-corrected chi connectivity index (χ0v) is 42.7. The second-order valence-electron chi connectivity index (χ2n) is 18.8. The van der Waals surface area contributed by atoms with Gasteiger partial charge in [0.05, 0.1) is 33.0 Å². The summed E-state index contributed by atoms with van der Waals surface area (Å²) in [6.07, 6.45) is 35.1. The van der Waals surface area contributed by atoms with E-state index in [1.807, 2.05) is 4.90 Å². The number of hydrogen-bond acceptors (Lipinski definition) is 9. The molecule has 0 aromatic carbocycles. The second kappa shape index (κ2) is 46.3. The number of ether oxygens (including phenoxy) is 5. The molecule has 0 saturated heterocycles. The Bertz CT molecular complexity index is 958. The van der Waals surface area contributed by atoms with Crippen LogP contribution in [0.2, 0.25) is 0 Å². The van der Waals surface area contributed by atoms with Gasteiger partial charge in [0.2, 0.25) is 0 Å². The Balaban J connectivity index is 4.91. The van der Waals surface area contributed by atoms with E-state index in [4.69, 9.17) is 23.7 Å². The van der Waals surface area contributed by atoms with Gasteiger partial charge < -0.3 is 33.5 Å². The highest BCUT2D eigenvalue weighted by Gasteiger charge is 2.24. The molecule has 0 saturated carbocycles. The lowest BCUT2D eigenvalue weighted by molar-refractivity contribution is 0.0399. The predicted molar refractivity (Wildman–Crippen MR) is 263 cm³/mol. The maximum absolute atomic E-state index is 13.6. The van der Waals surface area contributed by atoms with E-state index >= 15 is 0 Å². The Morgan fingerprint density at radius 2 is 0.714 bits per heavy atom. The molecule has 0 aromatic heterocycles. The summed E-state index contributed by atoms with van der Waals surface area (Å²) < 4.78 is 27.8. The third-order valence-electron chi connectivity index (χ3n) is 12.4. The average Bonchev–Trinajstić information content (AvgIpc) is 3.27. The molecule has 0 N–H and O–H groups in total. The number of rotatable bonds is 46. The predicted octanol–water partition coefficient (Wildman–Crippen LogP) is 15.9. The summed E-state index contributed by atoms with van der Waals surface area (Å²) in [7, 11) is 4.16. The molecule has 2 unspecified atom stereocenters. The largest absolute Gasteiger partial charge is 0.508 e. The Hall–Kier alpha value is -2.23. The van der Waals surface area contributed by atoms with Crippen LogP contribution in [-0.4, -0.2) is 94.5 Å². The molecule has 0 bridgehead atoms. The molecule has 10 nitrogen and oxygen atoms in total. The number of carbonyl (C=O) groups is 3. The molecule has 0 spiro atoms. The van der Waals surface area contributed by atoms with Crippen LogP contribution in [-0.2, 0) is 23.7 Å². The number of unbranched alkanes of at least 4 members (excludes halogenated alkanes) is 19. The van der Waals surface area contributed by atoms with Crippen molar-refractivity contribution in [2.75, 3.05) is 60.2 Å². The Kier molecular flexibility index (Phi) is 44.7. The molecule has 0 radical (unpaired) electrons. The highest BCUT2D eigenvalue weighted by atomic mass is 16.7. The molecule has 0 aliphatic heterocycles. The normalized spacial score (nSPS) is 12.8. The van der Waals surface area contributed by atoms with Crippen LogP contribution >= 0.6 is 0 Å². The molecule has 63 heavy (non-hydrogen) atoms. The van der Waals surface area contributed by atoms with Crippen LogP contribution in [0.5, 0.6) is 0 Å². The number of nitrogens with zero attached hydrogens (tertiary/aromatic N) is 2. The molecule has 0 rings (SSSR count). The zero-order valence-electron chi connectivity index (χ0n) is 42.7. The molecule has 0 aliphatic rings. The van der Waals surface area contributed by atoms with Crippen molar-refractivity contribution in [2.45, 2.75) is 253 Å². The maximum Gasteiger partial charge on any atom is 0.508 e. The minimum Gasteiger partial charge on any atom is -0.449 e. The minimum atomic E-state index is -0.526. The highest BCUT2D eigenvalue weighted by molar-refractivity contribution is 5.68. The third kappa shape index (κ3) is 39.8. The van der Waals surface area contributed by atoms with Crippen molar-refractivity contribution in [3.05, 3.63) is 0 Å². The van der Waals surface area contributed by atoms with Crippen LogP contribution in [0.15, 0.2) is 0 Å².